The first kappa shape index (κ1) is 18.2. The summed E-state index contributed by atoms with van der Waals surface area (Å²) in [5, 5.41) is 10.9. The molecule has 1 aliphatic heterocycles. The molecule has 1 heterocycles. The first-order chi connectivity index (χ1) is 12.5. The van der Waals surface area contributed by atoms with Crippen LogP contribution in [-0.4, -0.2) is 41.7 Å². The third-order valence-corrected chi connectivity index (χ3v) is 4.66. The molecule has 1 aliphatic rings. The van der Waals surface area contributed by atoms with E-state index in [1.807, 2.05) is 37.3 Å². The summed E-state index contributed by atoms with van der Waals surface area (Å²) < 4.78 is 12.0. The number of rotatable bonds is 7. The van der Waals surface area contributed by atoms with Crippen LogP contribution in [0.15, 0.2) is 48.5 Å². The number of nitro groups is 1. The van der Waals surface area contributed by atoms with Gasteiger partial charge in [-0.05, 0) is 37.6 Å². The molecule has 0 spiro atoms. The number of non-ortho nitro benzene ring substituents is 1. The van der Waals surface area contributed by atoms with E-state index < -0.39 is 0 Å². The van der Waals surface area contributed by atoms with Crippen molar-refractivity contribution in [1.82, 2.24) is 4.90 Å². The van der Waals surface area contributed by atoms with Gasteiger partial charge in [0.2, 0.25) is 0 Å². The molecule has 0 aromatic heterocycles. The molecule has 0 amide bonds. The zero-order valence-corrected chi connectivity index (χ0v) is 15.2. The van der Waals surface area contributed by atoms with E-state index in [1.54, 1.807) is 12.1 Å². The van der Waals surface area contributed by atoms with E-state index in [0.717, 1.165) is 37.4 Å². The number of hydrogen-bond acceptors (Lipinski definition) is 5. The Kier molecular flexibility index (Phi) is 5.42. The number of benzene rings is 2. The third-order valence-electron chi connectivity index (χ3n) is 4.66. The van der Waals surface area contributed by atoms with Crippen LogP contribution in [0.4, 0.5) is 5.69 Å². The topological polar surface area (TPSA) is 64.8 Å². The van der Waals surface area contributed by atoms with Crippen LogP contribution in [-0.2, 0) is 0 Å². The average molecular weight is 356 g/mol. The molecule has 2 aromatic rings. The molecular formula is C20H24N2O4. The lowest BCUT2D eigenvalue weighted by molar-refractivity contribution is -0.384. The van der Waals surface area contributed by atoms with Crippen LogP contribution >= 0.6 is 0 Å². The predicted molar refractivity (Wildman–Crippen MR) is 99.9 cm³/mol. The van der Waals surface area contributed by atoms with Crippen molar-refractivity contribution in [3.05, 3.63) is 64.2 Å². The summed E-state index contributed by atoms with van der Waals surface area (Å²) in [6.45, 7) is 7.16. The first-order valence-electron chi connectivity index (χ1n) is 8.79. The summed E-state index contributed by atoms with van der Waals surface area (Å²) in [4.78, 5) is 12.8. The van der Waals surface area contributed by atoms with Crippen LogP contribution in [0.5, 0.6) is 11.5 Å². The fraction of sp³-hybridized carbons (Fsp3) is 0.400. The lowest BCUT2D eigenvalue weighted by Gasteiger charge is -2.27. The molecule has 3 rings (SSSR count). The number of likely N-dealkylation sites (tertiary alicyclic amines) is 1. The standard InChI is InChI=1S/C20H24N2O4/c1-16-14-17(22(23)24)8-9-19(16)26-20(2)10-11-21(15-20)12-13-25-18-6-4-3-5-7-18/h3-9,14H,10-13,15H2,1-2H3. The normalized spacial score (nSPS) is 20.1. The van der Waals surface area contributed by atoms with E-state index in [0.29, 0.717) is 12.4 Å². The molecule has 1 atom stereocenters. The van der Waals surface area contributed by atoms with Gasteiger partial charge in [-0.2, -0.15) is 0 Å². The highest BCUT2D eigenvalue weighted by atomic mass is 16.6. The summed E-state index contributed by atoms with van der Waals surface area (Å²) in [5.41, 5.74) is 0.575. The molecule has 138 valence electrons. The van der Waals surface area contributed by atoms with Gasteiger partial charge in [0.15, 0.2) is 0 Å². The second-order valence-electron chi connectivity index (χ2n) is 6.95. The van der Waals surface area contributed by atoms with Crippen LogP contribution in [0.2, 0.25) is 0 Å². The lowest BCUT2D eigenvalue weighted by atomic mass is 10.1. The zero-order chi connectivity index (χ0) is 18.6. The number of nitrogens with zero attached hydrogens (tertiary/aromatic N) is 2. The molecule has 6 heteroatoms. The Balaban J connectivity index is 1.52. The fourth-order valence-corrected chi connectivity index (χ4v) is 3.24. The Labute approximate surface area is 153 Å². The van der Waals surface area contributed by atoms with Gasteiger partial charge in [-0.3, -0.25) is 15.0 Å². The monoisotopic (exact) mass is 356 g/mol. The van der Waals surface area contributed by atoms with Crippen LogP contribution in [0.3, 0.4) is 0 Å². The molecule has 0 aliphatic carbocycles. The van der Waals surface area contributed by atoms with E-state index >= 15 is 0 Å². The van der Waals surface area contributed by atoms with Crippen LogP contribution in [0.25, 0.3) is 0 Å². The van der Waals surface area contributed by atoms with Crippen molar-refractivity contribution in [2.24, 2.45) is 0 Å². The van der Waals surface area contributed by atoms with Crippen LogP contribution < -0.4 is 9.47 Å². The minimum absolute atomic E-state index is 0.0890. The molecule has 0 N–H and O–H groups in total. The van der Waals surface area contributed by atoms with Crippen molar-refractivity contribution < 1.29 is 14.4 Å². The smallest absolute Gasteiger partial charge is 0.269 e. The summed E-state index contributed by atoms with van der Waals surface area (Å²) in [6.07, 6.45) is 0.911. The van der Waals surface area contributed by atoms with Gasteiger partial charge in [-0.25, -0.2) is 0 Å². The van der Waals surface area contributed by atoms with Gasteiger partial charge in [0.05, 0.1) is 4.92 Å². The zero-order valence-electron chi connectivity index (χ0n) is 15.2. The average Bonchev–Trinajstić information content (AvgIpc) is 2.98. The van der Waals surface area contributed by atoms with Gasteiger partial charge in [0.1, 0.15) is 23.7 Å². The molecular weight excluding hydrogens is 332 g/mol. The molecule has 6 nitrogen and oxygen atoms in total. The highest BCUT2D eigenvalue weighted by Gasteiger charge is 2.36. The van der Waals surface area contributed by atoms with E-state index in [-0.39, 0.29) is 16.2 Å². The minimum atomic E-state index is -0.386. The van der Waals surface area contributed by atoms with Gasteiger partial charge in [-0.1, -0.05) is 18.2 Å². The van der Waals surface area contributed by atoms with Gasteiger partial charge >= 0.3 is 0 Å². The van der Waals surface area contributed by atoms with Gasteiger partial charge in [0, 0.05) is 38.2 Å². The van der Waals surface area contributed by atoms with Crippen molar-refractivity contribution in [3.63, 3.8) is 0 Å². The Morgan fingerprint density at radius 1 is 1.23 bits per heavy atom. The summed E-state index contributed by atoms with van der Waals surface area (Å²) >= 11 is 0. The number of ether oxygens (including phenoxy) is 2. The molecule has 1 unspecified atom stereocenters. The third kappa shape index (κ3) is 4.52. The second kappa shape index (κ2) is 7.74. The summed E-state index contributed by atoms with van der Waals surface area (Å²) in [5.74, 6) is 1.59. The van der Waals surface area contributed by atoms with Crippen molar-refractivity contribution in [2.45, 2.75) is 25.9 Å². The molecule has 1 saturated heterocycles. The highest BCUT2D eigenvalue weighted by molar-refractivity contribution is 5.43. The maximum Gasteiger partial charge on any atom is 0.269 e. The van der Waals surface area contributed by atoms with E-state index in [4.69, 9.17) is 9.47 Å². The lowest BCUT2D eigenvalue weighted by Crippen LogP contribution is -2.37. The number of nitro benzene ring substituents is 1. The van der Waals surface area contributed by atoms with Crippen molar-refractivity contribution >= 4 is 5.69 Å². The van der Waals surface area contributed by atoms with Crippen molar-refractivity contribution in [3.8, 4) is 11.5 Å². The Morgan fingerprint density at radius 3 is 2.69 bits per heavy atom. The van der Waals surface area contributed by atoms with Crippen LogP contribution in [0, 0.1) is 17.0 Å². The van der Waals surface area contributed by atoms with E-state index in [9.17, 15) is 10.1 Å². The first-order valence-corrected chi connectivity index (χ1v) is 8.79. The van der Waals surface area contributed by atoms with Gasteiger partial charge in [-0.15, -0.1) is 0 Å². The summed E-state index contributed by atoms with van der Waals surface area (Å²) in [7, 11) is 0. The predicted octanol–water partition coefficient (Wildman–Crippen LogP) is 3.83. The highest BCUT2D eigenvalue weighted by Crippen LogP contribution is 2.31. The maximum absolute atomic E-state index is 10.9. The quantitative estimate of drug-likeness (QED) is 0.557. The molecule has 1 fully saturated rings. The fourth-order valence-electron chi connectivity index (χ4n) is 3.24. The van der Waals surface area contributed by atoms with E-state index in [2.05, 4.69) is 11.8 Å². The number of hydrogen-bond donors (Lipinski definition) is 0. The molecule has 26 heavy (non-hydrogen) atoms. The van der Waals surface area contributed by atoms with Crippen molar-refractivity contribution in [1.29, 1.82) is 0 Å². The number of aryl methyl sites for hydroxylation is 1. The molecule has 0 bridgehead atoms. The largest absolute Gasteiger partial charge is 0.492 e. The maximum atomic E-state index is 10.9. The molecule has 0 radical (unpaired) electrons. The Morgan fingerprint density at radius 2 is 2.00 bits per heavy atom. The Bertz CT molecular complexity index is 766. The van der Waals surface area contributed by atoms with Gasteiger partial charge < -0.3 is 9.47 Å². The van der Waals surface area contributed by atoms with E-state index in [1.165, 1.54) is 6.07 Å². The SMILES string of the molecule is Cc1cc([N+](=O)[O-])ccc1OC1(C)CCN(CCOc2ccccc2)C1. The van der Waals surface area contributed by atoms with Gasteiger partial charge in [0.25, 0.3) is 5.69 Å². The minimum Gasteiger partial charge on any atom is -0.492 e. The number of para-hydroxylation sites is 1. The Hall–Kier alpha value is -2.60. The second-order valence-corrected chi connectivity index (χ2v) is 6.95. The van der Waals surface area contributed by atoms with Crippen molar-refractivity contribution in [2.75, 3.05) is 26.2 Å². The molecule has 2 aromatic carbocycles. The van der Waals surface area contributed by atoms with Crippen LogP contribution in [0.1, 0.15) is 18.9 Å². The molecule has 0 saturated carbocycles. The summed E-state index contributed by atoms with van der Waals surface area (Å²) in [6, 6.07) is 14.5.